The van der Waals surface area contributed by atoms with E-state index in [2.05, 4.69) is 10.3 Å². The molecule has 0 unspecified atom stereocenters. The monoisotopic (exact) mass is 367 g/mol. The molecule has 0 atom stereocenters. The normalized spacial score (nSPS) is 10.6. The van der Waals surface area contributed by atoms with Gasteiger partial charge in [0.1, 0.15) is 12.4 Å². The maximum Gasteiger partial charge on any atom is 0.261 e. The molecule has 0 aliphatic heterocycles. The molecule has 0 saturated heterocycles. The molecule has 3 aromatic rings. The fraction of sp³-hybridized carbons (Fsp3) is 0.250. The molecule has 0 radical (unpaired) electrons. The molecule has 0 spiro atoms. The van der Waals surface area contributed by atoms with Gasteiger partial charge in [-0.25, -0.2) is 4.98 Å². The van der Waals surface area contributed by atoms with E-state index in [0.717, 1.165) is 0 Å². The van der Waals surface area contributed by atoms with Crippen LogP contribution in [0.1, 0.15) is 12.7 Å². The van der Waals surface area contributed by atoms with Gasteiger partial charge in [-0.05, 0) is 24.3 Å². The molecule has 140 valence electrons. The van der Waals surface area contributed by atoms with Crippen LogP contribution in [0.4, 0.5) is 5.69 Å². The van der Waals surface area contributed by atoms with Crippen molar-refractivity contribution in [2.24, 2.45) is 0 Å². The third kappa shape index (κ3) is 3.76. The molecular weight excluding hydrogens is 346 g/mol. The third-order valence-corrected chi connectivity index (χ3v) is 4.23. The molecule has 7 nitrogen and oxygen atoms in total. The van der Waals surface area contributed by atoms with Gasteiger partial charge in [-0.1, -0.05) is 19.1 Å². The zero-order valence-electron chi connectivity index (χ0n) is 15.5. The van der Waals surface area contributed by atoms with Crippen molar-refractivity contribution < 1.29 is 14.3 Å². The summed E-state index contributed by atoms with van der Waals surface area (Å²) in [6.07, 6.45) is 0.545. The molecule has 0 fully saturated rings. The number of nitrogens with one attached hydrogen (secondary N) is 1. The van der Waals surface area contributed by atoms with Crippen LogP contribution in [0.3, 0.4) is 0 Å². The van der Waals surface area contributed by atoms with Crippen LogP contribution in [-0.4, -0.2) is 29.7 Å². The summed E-state index contributed by atoms with van der Waals surface area (Å²) in [4.78, 5) is 29.8. The molecule has 7 heteroatoms. The number of para-hydroxylation sites is 1. The maximum absolute atomic E-state index is 12.8. The van der Waals surface area contributed by atoms with Crippen LogP contribution >= 0.6 is 0 Å². The molecule has 1 heterocycles. The third-order valence-electron chi connectivity index (χ3n) is 4.23. The van der Waals surface area contributed by atoms with Crippen LogP contribution in [0.5, 0.6) is 11.5 Å². The van der Waals surface area contributed by atoms with Crippen molar-refractivity contribution in [3.63, 3.8) is 0 Å². The van der Waals surface area contributed by atoms with Crippen molar-refractivity contribution in [2.45, 2.75) is 19.9 Å². The number of carbonyl (C=O) groups excluding carboxylic acids is 1. The van der Waals surface area contributed by atoms with E-state index in [9.17, 15) is 9.59 Å². The summed E-state index contributed by atoms with van der Waals surface area (Å²) < 4.78 is 11.8. The highest BCUT2D eigenvalue weighted by Gasteiger charge is 2.14. The molecule has 1 N–H and O–H groups in total. The standard InChI is InChI=1S/C20H21N3O4/c1-4-18-22-15-8-6-5-7-14(15)20(25)23(18)12-19(24)21-13-9-10-16(26-2)17(11-13)27-3/h5-11H,4,12H2,1-3H3,(H,21,24). The molecular formula is C20H21N3O4. The first-order valence-electron chi connectivity index (χ1n) is 8.57. The van der Waals surface area contributed by atoms with E-state index >= 15 is 0 Å². The van der Waals surface area contributed by atoms with E-state index in [1.165, 1.54) is 11.7 Å². The first kappa shape index (κ1) is 18.4. The number of rotatable bonds is 6. The largest absolute Gasteiger partial charge is 0.493 e. The lowest BCUT2D eigenvalue weighted by Crippen LogP contribution is -2.31. The predicted molar refractivity (Wildman–Crippen MR) is 104 cm³/mol. The summed E-state index contributed by atoms with van der Waals surface area (Å²) in [6.45, 7) is 1.79. The average Bonchev–Trinajstić information content (AvgIpc) is 2.69. The number of aryl methyl sites for hydroxylation is 1. The van der Waals surface area contributed by atoms with E-state index in [4.69, 9.17) is 9.47 Å². The fourth-order valence-corrected chi connectivity index (χ4v) is 2.91. The van der Waals surface area contributed by atoms with Gasteiger partial charge in [0.05, 0.1) is 25.1 Å². The van der Waals surface area contributed by atoms with E-state index in [1.54, 1.807) is 43.5 Å². The number of aromatic nitrogens is 2. The van der Waals surface area contributed by atoms with Gasteiger partial charge in [0.25, 0.3) is 5.56 Å². The number of ether oxygens (including phenoxy) is 2. The van der Waals surface area contributed by atoms with Crippen LogP contribution < -0.4 is 20.3 Å². The zero-order chi connectivity index (χ0) is 19.4. The van der Waals surface area contributed by atoms with Gasteiger partial charge >= 0.3 is 0 Å². The number of anilines is 1. The number of methoxy groups -OCH3 is 2. The van der Waals surface area contributed by atoms with Crippen molar-refractivity contribution in [3.05, 3.63) is 58.6 Å². The van der Waals surface area contributed by atoms with E-state index in [1.807, 2.05) is 13.0 Å². The van der Waals surface area contributed by atoms with Crippen molar-refractivity contribution in [1.82, 2.24) is 9.55 Å². The highest BCUT2D eigenvalue weighted by Crippen LogP contribution is 2.29. The number of amides is 1. The van der Waals surface area contributed by atoms with Crippen molar-refractivity contribution in [1.29, 1.82) is 0 Å². The Morgan fingerprint density at radius 2 is 1.85 bits per heavy atom. The fourth-order valence-electron chi connectivity index (χ4n) is 2.91. The Labute approximate surface area is 156 Å². The smallest absolute Gasteiger partial charge is 0.261 e. The molecule has 1 aromatic heterocycles. The molecule has 0 aliphatic rings. The van der Waals surface area contributed by atoms with Gasteiger partial charge in [-0.15, -0.1) is 0 Å². The SMILES string of the molecule is CCc1nc2ccccc2c(=O)n1CC(=O)Nc1ccc(OC)c(OC)c1. The topological polar surface area (TPSA) is 82.5 Å². The number of carbonyl (C=O) groups is 1. The number of nitrogens with zero attached hydrogens (tertiary/aromatic N) is 2. The Bertz CT molecular complexity index is 1040. The second-order valence-electron chi connectivity index (χ2n) is 5.91. The Morgan fingerprint density at radius 1 is 1.11 bits per heavy atom. The van der Waals surface area contributed by atoms with Gasteiger partial charge in [-0.3, -0.25) is 14.2 Å². The van der Waals surface area contributed by atoms with E-state index in [-0.39, 0.29) is 18.0 Å². The summed E-state index contributed by atoms with van der Waals surface area (Å²) in [5.74, 6) is 1.32. The highest BCUT2D eigenvalue weighted by molar-refractivity contribution is 5.91. The summed E-state index contributed by atoms with van der Waals surface area (Å²) in [7, 11) is 3.07. The minimum atomic E-state index is -0.323. The van der Waals surface area contributed by atoms with Gasteiger partial charge in [0.2, 0.25) is 5.91 Å². The number of hydrogen-bond acceptors (Lipinski definition) is 5. The molecule has 27 heavy (non-hydrogen) atoms. The average molecular weight is 367 g/mol. The summed E-state index contributed by atoms with van der Waals surface area (Å²) in [5.41, 5.74) is 0.966. The van der Waals surface area contributed by atoms with Gasteiger partial charge in [-0.2, -0.15) is 0 Å². The predicted octanol–water partition coefficient (Wildman–Crippen LogP) is 2.61. The first-order valence-corrected chi connectivity index (χ1v) is 8.57. The number of benzene rings is 2. The van der Waals surface area contributed by atoms with Crippen molar-refractivity contribution >= 4 is 22.5 Å². The molecule has 0 saturated carbocycles. The van der Waals surface area contributed by atoms with Crippen LogP contribution in [-0.2, 0) is 17.8 Å². The lowest BCUT2D eigenvalue weighted by molar-refractivity contribution is -0.116. The lowest BCUT2D eigenvalue weighted by atomic mass is 10.2. The lowest BCUT2D eigenvalue weighted by Gasteiger charge is -2.13. The number of fused-ring (bicyclic) bond motifs is 1. The Hall–Kier alpha value is -3.35. The molecule has 2 aromatic carbocycles. The molecule has 0 aliphatic carbocycles. The van der Waals surface area contributed by atoms with Gasteiger partial charge < -0.3 is 14.8 Å². The summed E-state index contributed by atoms with van der Waals surface area (Å²) in [5, 5.41) is 3.28. The van der Waals surface area contributed by atoms with Gasteiger partial charge in [0.15, 0.2) is 11.5 Å². The number of hydrogen-bond donors (Lipinski definition) is 1. The van der Waals surface area contributed by atoms with Crippen LogP contribution in [0, 0.1) is 0 Å². The van der Waals surface area contributed by atoms with E-state index in [0.29, 0.717) is 40.3 Å². The zero-order valence-corrected chi connectivity index (χ0v) is 15.5. The van der Waals surface area contributed by atoms with Crippen LogP contribution in [0.2, 0.25) is 0 Å². The van der Waals surface area contributed by atoms with Crippen LogP contribution in [0.15, 0.2) is 47.3 Å². The molecule has 1 amide bonds. The van der Waals surface area contributed by atoms with E-state index < -0.39 is 0 Å². The Balaban J connectivity index is 1.88. The quantitative estimate of drug-likeness (QED) is 0.724. The van der Waals surface area contributed by atoms with Crippen molar-refractivity contribution in [2.75, 3.05) is 19.5 Å². The Kier molecular flexibility index (Phi) is 5.40. The Morgan fingerprint density at radius 3 is 2.56 bits per heavy atom. The highest BCUT2D eigenvalue weighted by atomic mass is 16.5. The van der Waals surface area contributed by atoms with Crippen LogP contribution in [0.25, 0.3) is 10.9 Å². The first-order chi connectivity index (χ1) is 13.1. The minimum Gasteiger partial charge on any atom is -0.493 e. The second kappa shape index (κ2) is 7.90. The molecule has 3 rings (SSSR count). The second-order valence-corrected chi connectivity index (χ2v) is 5.91. The summed E-state index contributed by atoms with van der Waals surface area (Å²) >= 11 is 0. The maximum atomic E-state index is 12.8. The minimum absolute atomic E-state index is 0.117. The summed E-state index contributed by atoms with van der Waals surface area (Å²) in [6, 6.07) is 12.2. The van der Waals surface area contributed by atoms with Crippen molar-refractivity contribution in [3.8, 4) is 11.5 Å². The molecule has 0 bridgehead atoms. The van der Waals surface area contributed by atoms with Gasteiger partial charge in [0, 0.05) is 18.2 Å².